The maximum absolute atomic E-state index is 13.3. The Balaban J connectivity index is 1.59. The molecular formula is C21H19F2N3O5. The van der Waals surface area contributed by atoms with Crippen molar-refractivity contribution in [3.8, 4) is 11.5 Å². The predicted molar refractivity (Wildman–Crippen MR) is 105 cm³/mol. The molecular weight excluding hydrogens is 412 g/mol. The van der Waals surface area contributed by atoms with Crippen LogP contribution in [0.2, 0.25) is 0 Å². The van der Waals surface area contributed by atoms with E-state index in [0.29, 0.717) is 11.1 Å². The van der Waals surface area contributed by atoms with Gasteiger partial charge in [-0.2, -0.15) is 4.68 Å². The van der Waals surface area contributed by atoms with Crippen molar-refractivity contribution in [3.05, 3.63) is 76.3 Å². The number of aromatic nitrogens is 2. The van der Waals surface area contributed by atoms with Gasteiger partial charge in [-0.25, -0.2) is 13.6 Å². The van der Waals surface area contributed by atoms with E-state index >= 15 is 0 Å². The van der Waals surface area contributed by atoms with Crippen LogP contribution in [0.1, 0.15) is 12.5 Å². The number of carbonyl (C=O) groups excluding carboxylic acids is 2. The number of esters is 1. The Morgan fingerprint density at radius 2 is 1.87 bits per heavy atom. The molecule has 0 spiro atoms. The van der Waals surface area contributed by atoms with Gasteiger partial charge in [-0.1, -0.05) is 12.1 Å². The molecule has 1 amide bonds. The van der Waals surface area contributed by atoms with Gasteiger partial charge in [0.25, 0.3) is 5.91 Å². The van der Waals surface area contributed by atoms with Crippen LogP contribution >= 0.6 is 0 Å². The van der Waals surface area contributed by atoms with Gasteiger partial charge >= 0.3 is 11.7 Å². The summed E-state index contributed by atoms with van der Waals surface area (Å²) >= 11 is 0. The number of hydrogen-bond acceptors (Lipinski definition) is 6. The Kier molecular flexibility index (Phi) is 6.58. The van der Waals surface area contributed by atoms with Gasteiger partial charge in [0.05, 0.1) is 0 Å². The van der Waals surface area contributed by atoms with Crippen molar-refractivity contribution in [2.75, 3.05) is 7.05 Å². The predicted octanol–water partition coefficient (Wildman–Crippen LogP) is 2.37. The second-order valence-electron chi connectivity index (χ2n) is 6.79. The van der Waals surface area contributed by atoms with Gasteiger partial charge in [0, 0.05) is 19.2 Å². The fraction of sp³-hybridized carbons (Fsp3) is 0.238. The minimum Gasteiger partial charge on any atom is -0.451 e. The van der Waals surface area contributed by atoms with E-state index < -0.39 is 41.9 Å². The van der Waals surface area contributed by atoms with Gasteiger partial charge in [0.1, 0.15) is 18.2 Å². The van der Waals surface area contributed by atoms with Gasteiger partial charge in [-0.05, 0) is 48.9 Å². The van der Waals surface area contributed by atoms with Crippen LogP contribution in [-0.4, -0.2) is 39.7 Å². The number of hydrogen-bond donors (Lipinski definition) is 0. The van der Waals surface area contributed by atoms with Crippen molar-refractivity contribution < 1.29 is 27.5 Å². The Bertz CT molecular complexity index is 1140. The summed E-state index contributed by atoms with van der Waals surface area (Å²) in [6.45, 7) is 0.939. The second kappa shape index (κ2) is 9.33. The molecule has 0 fully saturated rings. The van der Waals surface area contributed by atoms with Crippen LogP contribution in [-0.2, 0) is 27.4 Å². The van der Waals surface area contributed by atoms with Crippen LogP contribution in [0.5, 0.6) is 0 Å². The molecule has 1 atom stereocenters. The third kappa shape index (κ3) is 5.62. The monoisotopic (exact) mass is 431 g/mol. The van der Waals surface area contributed by atoms with E-state index in [0.717, 1.165) is 4.68 Å². The smallest absolute Gasteiger partial charge is 0.437 e. The molecule has 0 aliphatic heterocycles. The van der Waals surface area contributed by atoms with E-state index in [2.05, 4.69) is 5.10 Å². The van der Waals surface area contributed by atoms with E-state index in [9.17, 15) is 23.2 Å². The quantitative estimate of drug-likeness (QED) is 0.533. The van der Waals surface area contributed by atoms with Crippen LogP contribution in [0, 0.1) is 11.6 Å². The normalized spacial score (nSPS) is 11.7. The van der Waals surface area contributed by atoms with Gasteiger partial charge in [0.15, 0.2) is 6.10 Å². The van der Waals surface area contributed by atoms with E-state index in [-0.39, 0.29) is 12.4 Å². The summed E-state index contributed by atoms with van der Waals surface area (Å²) in [5.41, 5.74) is 0.935. The molecule has 1 heterocycles. The van der Waals surface area contributed by atoms with Gasteiger partial charge in [0.2, 0.25) is 5.89 Å². The number of halogens is 2. The van der Waals surface area contributed by atoms with Crippen LogP contribution < -0.4 is 5.76 Å². The molecule has 0 N–H and O–H groups in total. The first kappa shape index (κ1) is 21.9. The molecule has 2 aromatic carbocycles. The highest BCUT2D eigenvalue weighted by atomic mass is 19.1. The lowest BCUT2D eigenvalue weighted by Crippen LogP contribution is -2.38. The van der Waals surface area contributed by atoms with Crippen molar-refractivity contribution in [1.82, 2.24) is 14.7 Å². The number of ether oxygens (including phenoxy) is 1. The highest BCUT2D eigenvalue weighted by Gasteiger charge is 2.23. The van der Waals surface area contributed by atoms with Crippen LogP contribution in [0.3, 0.4) is 0 Å². The summed E-state index contributed by atoms with van der Waals surface area (Å²) in [5.74, 6) is -3.25. The average Bonchev–Trinajstić information content (AvgIpc) is 3.07. The molecule has 0 aliphatic carbocycles. The Hall–Kier alpha value is -3.82. The number of nitrogens with zero attached hydrogens (tertiary/aromatic N) is 3. The SMILES string of the molecule is CC(OC(=O)Cn1nc(-c2ccc(F)cc2)oc1=O)C(=O)N(C)Cc1cccc(F)c1. The van der Waals surface area contributed by atoms with Crippen LogP contribution in [0.4, 0.5) is 8.78 Å². The Morgan fingerprint density at radius 3 is 2.55 bits per heavy atom. The molecule has 0 bridgehead atoms. The number of carbonyl (C=O) groups is 2. The van der Waals surface area contributed by atoms with Crippen molar-refractivity contribution in [3.63, 3.8) is 0 Å². The lowest BCUT2D eigenvalue weighted by molar-refractivity contribution is -0.159. The summed E-state index contributed by atoms with van der Waals surface area (Å²) in [4.78, 5) is 37.8. The van der Waals surface area contributed by atoms with Gasteiger partial charge < -0.3 is 14.1 Å². The molecule has 3 aromatic rings. The minimum atomic E-state index is -1.13. The highest BCUT2D eigenvalue weighted by Crippen LogP contribution is 2.15. The summed E-state index contributed by atoms with van der Waals surface area (Å²) in [5, 5.41) is 3.88. The van der Waals surface area contributed by atoms with E-state index in [1.165, 1.54) is 61.3 Å². The molecule has 0 aliphatic rings. The molecule has 0 radical (unpaired) electrons. The molecule has 162 valence electrons. The first-order valence-electron chi connectivity index (χ1n) is 9.25. The van der Waals surface area contributed by atoms with E-state index in [1.54, 1.807) is 6.07 Å². The second-order valence-corrected chi connectivity index (χ2v) is 6.79. The summed E-state index contributed by atoms with van der Waals surface area (Å²) in [6.07, 6.45) is -1.13. The molecule has 1 aromatic heterocycles. The zero-order valence-electron chi connectivity index (χ0n) is 16.7. The minimum absolute atomic E-state index is 0.0863. The molecule has 0 saturated carbocycles. The maximum Gasteiger partial charge on any atom is 0.437 e. The Morgan fingerprint density at radius 1 is 1.16 bits per heavy atom. The maximum atomic E-state index is 13.3. The number of benzene rings is 2. The lowest BCUT2D eigenvalue weighted by Gasteiger charge is -2.21. The first-order valence-corrected chi connectivity index (χ1v) is 9.25. The number of amides is 1. The molecule has 3 rings (SSSR count). The zero-order valence-corrected chi connectivity index (χ0v) is 16.7. The average molecular weight is 431 g/mol. The standard InChI is InChI=1S/C21H19F2N3O5/c1-13(20(28)25(2)11-14-4-3-5-17(23)10-14)30-18(27)12-26-21(29)31-19(24-26)15-6-8-16(22)9-7-15/h3-10,13H,11-12H2,1-2H3. The lowest BCUT2D eigenvalue weighted by atomic mass is 10.2. The topological polar surface area (TPSA) is 94.6 Å². The van der Waals surface area contributed by atoms with E-state index in [1.807, 2.05) is 0 Å². The molecule has 1 unspecified atom stereocenters. The summed E-state index contributed by atoms with van der Waals surface area (Å²) < 4.78 is 37.1. The fourth-order valence-electron chi connectivity index (χ4n) is 2.82. The van der Waals surface area contributed by atoms with Gasteiger partial charge in [-0.15, -0.1) is 5.10 Å². The molecule has 0 saturated heterocycles. The zero-order chi connectivity index (χ0) is 22.5. The molecule has 10 heteroatoms. The summed E-state index contributed by atoms with van der Waals surface area (Å²) in [6, 6.07) is 10.9. The third-order valence-electron chi connectivity index (χ3n) is 4.32. The highest BCUT2D eigenvalue weighted by molar-refractivity contribution is 5.83. The van der Waals surface area contributed by atoms with Crippen molar-refractivity contribution in [2.45, 2.75) is 26.1 Å². The van der Waals surface area contributed by atoms with Gasteiger partial charge in [-0.3, -0.25) is 9.59 Å². The van der Waals surface area contributed by atoms with Crippen molar-refractivity contribution in [1.29, 1.82) is 0 Å². The van der Waals surface area contributed by atoms with Crippen LogP contribution in [0.25, 0.3) is 11.5 Å². The largest absolute Gasteiger partial charge is 0.451 e. The summed E-state index contributed by atoms with van der Waals surface area (Å²) in [7, 11) is 1.49. The van der Waals surface area contributed by atoms with Crippen molar-refractivity contribution in [2.24, 2.45) is 0 Å². The fourth-order valence-corrected chi connectivity index (χ4v) is 2.82. The van der Waals surface area contributed by atoms with Crippen LogP contribution in [0.15, 0.2) is 57.7 Å². The first-order chi connectivity index (χ1) is 14.7. The third-order valence-corrected chi connectivity index (χ3v) is 4.32. The Labute approximate surface area is 175 Å². The number of likely N-dealkylation sites (N-methyl/N-ethyl adjacent to an activating group) is 1. The van der Waals surface area contributed by atoms with E-state index in [4.69, 9.17) is 9.15 Å². The number of rotatable bonds is 7. The molecule has 31 heavy (non-hydrogen) atoms. The molecule has 8 nitrogen and oxygen atoms in total. The van der Waals surface area contributed by atoms with Crippen molar-refractivity contribution >= 4 is 11.9 Å².